The van der Waals surface area contributed by atoms with Gasteiger partial charge in [-0.1, -0.05) is 171 Å². The number of esters is 1. The zero-order valence-corrected chi connectivity index (χ0v) is 38.6. The van der Waals surface area contributed by atoms with E-state index < -0.39 is 26.5 Å². The van der Waals surface area contributed by atoms with Crippen molar-refractivity contribution in [3.63, 3.8) is 0 Å². The molecule has 0 aromatic carbocycles. The first kappa shape index (κ1) is 56.7. The van der Waals surface area contributed by atoms with Crippen molar-refractivity contribution in [2.45, 2.75) is 213 Å². The van der Waals surface area contributed by atoms with Gasteiger partial charge in [0.1, 0.15) is 12.7 Å². The molecule has 0 aliphatic heterocycles. The molecule has 1 amide bonds. The maximum atomic E-state index is 12.1. The smallest absolute Gasteiger partial charge is 0.463 e. The average molecular weight is 850 g/mol. The number of allylic oxidation sites excluding steroid dienone is 10. The van der Waals surface area contributed by atoms with Gasteiger partial charge in [-0.25, -0.2) is 4.57 Å². The van der Waals surface area contributed by atoms with Crippen LogP contribution in [0.3, 0.4) is 0 Å². The molecule has 59 heavy (non-hydrogen) atoms. The highest BCUT2D eigenvalue weighted by molar-refractivity contribution is 7.47. The number of rotatable bonds is 44. The summed E-state index contributed by atoms with van der Waals surface area (Å²) in [4.78, 5) is 34.0. The highest BCUT2D eigenvalue weighted by atomic mass is 31.2. The van der Waals surface area contributed by atoms with Gasteiger partial charge >= 0.3 is 13.8 Å². The number of ether oxygens (including phenoxy) is 1. The zero-order chi connectivity index (χ0) is 43.2. The molecule has 0 saturated carbocycles. The van der Waals surface area contributed by atoms with Gasteiger partial charge in [-0.2, -0.15) is 0 Å². The van der Waals surface area contributed by atoms with E-state index in [-0.39, 0.29) is 32.1 Å². The molecule has 0 saturated heterocycles. The van der Waals surface area contributed by atoms with E-state index in [4.69, 9.17) is 13.8 Å². The molecule has 3 N–H and O–H groups in total. The summed E-state index contributed by atoms with van der Waals surface area (Å²) >= 11 is 0. The molecular weight excluding hydrogens is 762 g/mol. The molecular formula is C49H88NO8P. The summed E-state index contributed by atoms with van der Waals surface area (Å²) in [5, 5.41) is 12.7. The Morgan fingerprint density at radius 1 is 0.525 bits per heavy atom. The second-order valence-corrected chi connectivity index (χ2v) is 17.2. The molecule has 0 heterocycles. The molecule has 342 valence electrons. The number of hydrogen-bond donors (Lipinski definition) is 3. The van der Waals surface area contributed by atoms with Gasteiger partial charge in [0.2, 0.25) is 5.91 Å². The van der Waals surface area contributed by atoms with Gasteiger partial charge in [-0.3, -0.25) is 18.6 Å². The molecule has 0 rings (SSSR count). The molecule has 0 aliphatic rings. The van der Waals surface area contributed by atoms with Crippen LogP contribution in [-0.2, 0) is 27.9 Å². The first-order chi connectivity index (χ1) is 28.8. The first-order valence-electron chi connectivity index (χ1n) is 23.8. The van der Waals surface area contributed by atoms with Crippen molar-refractivity contribution in [2.75, 3.05) is 26.4 Å². The summed E-state index contributed by atoms with van der Waals surface area (Å²) in [6.45, 7) is 3.50. The SMILES string of the molecule is CCCCC/C=C\C/C=C\C/C=C\C/C=C\CCCCCCCC(=O)NCCOP(=O)(O)OCC(O)COC(=O)CCCCCCCCC/C=C\CCCCCCCC. The summed E-state index contributed by atoms with van der Waals surface area (Å²) in [7, 11) is -4.43. The van der Waals surface area contributed by atoms with Crippen molar-refractivity contribution in [1.82, 2.24) is 5.32 Å². The number of nitrogens with one attached hydrogen (secondary N) is 1. The van der Waals surface area contributed by atoms with Gasteiger partial charge in [0.05, 0.1) is 13.2 Å². The number of carbonyl (C=O) groups is 2. The first-order valence-corrected chi connectivity index (χ1v) is 25.3. The summed E-state index contributed by atoms with van der Waals surface area (Å²) in [5.41, 5.74) is 0. The maximum absolute atomic E-state index is 12.1. The number of hydrogen-bond acceptors (Lipinski definition) is 7. The van der Waals surface area contributed by atoms with Gasteiger partial charge in [0.25, 0.3) is 0 Å². The van der Waals surface area contributed by atoms with E-state index >= 15 is 0 Å². The van der Waals surface area contributed by atoms with Gasteiger partial charge in [0.15, 0.2) is 0 Å². The third kappa shape index (κ3) is 46.6. The number of phosphoric ester groups is 1. The largest absolute Gasteiger partial charge is 0.472 e. The third-order valence-electron chi connectivity index (χ3n) is 9.92. The quantitative estimate of drug-likeness (QED) is 0.0239. The number of aliphatic hydroxyl groups excluding tert-OH is 1. The summed E-state index contributed by atoms with van der Waals surface area (Å²) in [6.07, 6.45) is 54.3. The molecule has 0 aromatic heterocycles. The Balaban J connectivity index is 3.63. The molecule has 0 aliphatic carbocycles. The number of amides is 1. The lowest BCUT2D eigenvalue weighted by atomic mass is 10.1. The van der Waals surface area contributed by atoms with Gasteiger partial charge in [0, 0.05) is 19.4 Å². The normalized spacial score (nSPS) is 13.8. The van der Waals surface area contributed by atoms with E-state index in [0.29, 0.717) is 6.42 Å². The minimum atomic E-state index is -4.43. The predicted octanol–water partition coefficient (Wildman–Crippen LogP) is 13.7. The molecule has 0 radical (unpaired) electrons. The minimum absolute atomic E-state index is 0.0684. The van der Waals surface area contributed by atoms with Crippen molar-refractivity contribution in [2.24, 2.45) is 0 Å². The van der Waals surface area contributed by atoms with Crippen LogP contribution >= 0.6 is 7.82 Å². The lowest BCUT2D eigenvalue weighted by Gasteiger charge is -2.15. The summed E-state index contributed by atoms with van der Waals surface area (Å²) in [6, 6.07) is 0. The van der Waals surface area contributed by atoms with Crippen molar-refractivity contribution >= 4 is 19.7 Å². The van der Waals surface area contributed by atoms with Crippen LogP contribution < -0.4 is 5.32 Å². The van der Waals surface area contributed by atoms with Crippen molar-refractivity contribution in [3.8, 4) is 0 Å². The van der Waals surface area contributed by atoms with Gasteiger partial charge in [-0.15, -0.1) is 0 Å². The minimum Gasteiger partial charge on any atom is -0.463 e. The zero-order valence-electron chi connectivity index (χ0n) is 37.7. The van der Waals surface area contributed by atoms with Crippen LogP contribution in [0.25, 0.3) is 0 Å². The number of phosphoric acid groups is 1. The fourth-order valence-corrected chi connectivity index (χ4v) is 7.06. The fraction of sp³-hybridized carbons (Fsp3) is 0.755. The Bertz CT molecular complexity index is 1150. The van der Waals surface area contributed by atoms with Crippen LogP contribution in [0.15, 0.2) is 60.8 Å². The van der Waals surface area contributed by atoms with Crippen molar-refractivity contribution in [1.29, 1.82) is 0 Å². The molecule has 0 bridgehead atoms. The number of carbonyl (C=O) groups excluding carboxylic acids is 2. The van der Waals surface area contributed by atoms with Crippen LogP contribution in [0, 0.1) is 0 Å². The van der Waals surface area contributed by atoms with Crippen molar-refractivity contribution < 1.29 is 37.9 Å². The predicted molar refractivity (Wildman–Crippen MR) is 247 cm³/mol. The van der Waals surface area contributed by atoms with Crippen molar-refractivity contribution in [3.05, 3.63) is 60.8 Å². The van der Waals surface area contributed by atoms with E-state index in [9.17, 15) is 24.2 Å². The van der Waals surface area contributed by atoms with E-state index in [0.717, 1.165) is 89.9 Å². The van der Waals surface area contributed by atoms with Crippen LogP contribution in [0.5, 0.6) is 0 Å². The molecule has 9 nitrogen and oxygen atoms in total. The van der Waals surface area contributed by atoms with Crippen LogP contribution in [0.4, 0.5) is 0 Å². The summed E-state index contributed by atoms with van der Waals surface area (Å²) in [5.74, 6) is -0.539. The Labute approximate surface area is 361 Å². The standard InChI is InChI=1S/C49H88NO8P/c1-3-5-7-9-11-13-15-17-19-21-22-23-24-26-27-29-31-33-35-37-39-41-48(52)50-43-44-57-59(54,55)58-46-47(51)45-56-49(53)42-40-38-36-34-32-30-28-25-20-18-16-14-12-10-8-6-4-2/h11,13,17-20,22-23,26-27,47,51H,3-10,12,14-16,21,24-25,28-46H2,1-2H3,(H,50,52)(H,54,55)/b13-11-,19-17-,20-18-,23-22-,27-26-. The molecule has 10 heteroatoms. The Morgan fingerprint density at radius 3 is 1.42 bits per heavy atom. The highest BCUT2D eigenvalue weighted by Gasteiger charge is 2.23. The highest BCUT2D eigenvalue weighted by Crippen LogP contribution is 2.42. The van der Waals surface area contributed by atoms with Crippen LogP contribution in [0.1, 0.15) is 206 Å². The maximum Gasteiger partial charge on any atom is 0.472 e. The van der Waals surface area contributed by atoms with E-state index in [1.165, 1.54) is 89.9 Å². The Morgan fingerprint density at radius 2 is 0.915 bits per heavy atom. The Hall–Kier alpha value is -2.29. The fourth-order valence-electron chi connectivity index (χ4n) is 6.30. The van der Waals surface area contributed by atoms with E-state index in [1.807, 2.05) is 0 Å². The average Bonchev–Trinajstić information content (AvgIpc) is 3.22. The molecule has 2 unspecified atom stereocenters. The van der Waals surface area contributed by atoms with Crippen LogP contribution in [0.2, 0.25) is 0 Å². The topological polar surface area (TPSA) is 131 Å². The third-order valence-corrected chi connectivity index (χ3v) is 10.9. The molecule has 2 atom stereocenters. The molecule has 0 spiro atoms. The lowest BCUT2D eigenvalue weighted by molar-refractivity contribution is -0.147. The Kier molecular flexibility index (Phi) is 43.5. The number of aliphatic hydroxyl groups is 1. The second-order valence-electron chi connectivity index (χ2n) is 15.7. The molecule has 0 aromatic rings. The lowest BCUT2D eigenvalue weighted by Crippen LogP contribution is -2.27. The summed E-state index contributed by atoms with van der Waals surface area (Å²) < 4.78 is 26.9. The van der Waals surface area contributed by atoms with Crippen LogP contribution in [-0.4, -0.2) is 54.3 Å². The van der Waals surface area contributed by atoms with E-state index in [1.54, 1.807) is 0 Å². The molecule has 0 fully saturated rings. The van der Waals surface area contributed by atoms with Gasteiger partial charge < -0.3 is 20.1 Å². The van der Waals surface area contributed by atoms with Gasteiger partial charge in [-0.05, 0) is 83.5 Å². The second kappa shape index (κ2) is 45.2. The monoisotopic (exact) mass is 850 g/mol. The number of unbranched alkanes of at least 4 members (excludes halogenated alkanes) is 21. The van der Waals surface area contributed by atoms with E-state index in [2.05, 4.69) is 79.9 Å².